The molecule has 242 valence electrons. The molecule has 0 aliphatic carbocycles. The second kappa shape index (κ2) is 12.6. The molecule has 0 aliphatic heterocycles. The summed E-state index contributed by atoms with van der Waals surface area (Å²) >= 11 is 0. The number of rotatable bonds is 6. The van der Waals surface area contributed by atoms with Gasteiger partial charge in [0, 0.05) is 63.4 Å². The SMILES string of the molecule is Cc1ccc2c(c1)c1cc(C)ccc1n2-c1c(-c2ccccc2)cc(-c2nc(-c3ccncc3)nc(-c3ccncc3)n2)cc1-c1ccccc1. The average Bonchev–Trinajstić information content (AvgIpc) is 3.50. The van der Waals surface area contributed by atoms with Crippen molar-refractivity contribution >= 4 is 21.8 Å². The Kier molecular flexibility index (Phi) is 7.47. The van der Waals surface area contributed by atoms with Crippen molar-refractivity contribution < 1.29 is 0 Å². The van der Waals surface area contributed by atoms with Crippen molar-refractivity contribution in [2.75, 3.05) is 0 Å². The lowest BCUT2D eigenvalue weighted by Crippen LogP contribution is -2.04. The van der Waals surface area contributed by atoms with Gasteiger partial charge in [-0.05, 0) is 85.6 Å². The van der Waals surface area contributed by atoms with Gasteiger partial charge in [-0.25, -0.2) is 15.0 Å². The molecule has 51 heavy (non-hydrogen) atoms. The predicted molar refractivity (Wildman–Crippen MR) is 206 cm³/mol. The number of hydrogen-bond acceptors (Lipinski definition) is 5. The minimum atomic E-state index is 0.578. The third-order valence-electron chi connectivity index (χ3n) is 9.35. The number of benzene rings is 5. The Bertz CT molecular complexity index is 2510. The van der Waals surface area contributed by atoms with Crippen LogP contribution in [0.3, 0.4) is 0 Å². The van der Waals surface area contributed by atoms with Crippen LogP contribution < -0.4 is 0 Å². The van der Waals surface area contributed by atoms with Gasteiger partial charge in [-0.1, -0.05) is 83.9 Å². The van der Waals surface area contributed by atoms with Crippen LogP contribution in [0.15, 0.2) is 158 Å². The van der Waals surface area contributed by atoms with Crippen molar-refractivity contribution in [3.63, 3.8) is 0 Å². The van der Waals surface area contributed by atoms with Gasteiger partial charge in [0.15, 0.2) is 17.5 Å². The molecule has 0 fully saturated rings. The molecular weight excluding hydrogens is 625 g/mol. The zero-order valence-electron chi connectivity index (χ0n) is 28.2. The largest absolute Gasteiger partial charge is 0.308 e. The van der Waals surface area contributed by atoms with Crippen LogP contribution in [0.2, 0.25) is 0 Å². The molecule has 4 aromatic heterocycles. The zero-order valence-corrected chi connectivity index (χ0v) is 28.2. The number of aryl methyl sites for hydroxylation is 2. The Balaban J connectivity index is 1.41. The van der Waals surface area contributed by atoms with Gasteiger partial charge >= 0.3 is 0 Å². The van der Waals surface area contributed by atoms with Crippen molar-refractivity contribution in [2.24, 2.45) is 0 Å². The summed E-state index contributed by atoms with van der Waals surface area (Å²) in [6, 6.07) is 46.9. The Morgan fingerprint density at radius 1 is 0.392 bits per heavy atom. The molecule has 4 heterocycles. The van der Waals surface area contributed by atoms with E-state index in [1.54, 1.807) is 24.8 Å². The van der Waals surface area contributed by atoms with Crippen LogP contribution in [0.1, 0.15) is 11.1 Å². The average molecular weight is 657 g/mol. The second-order valence-corrected chi connectivity index (χ2v) is 12.8. The highest BCUT2D eigenvalue weighted by atomic mass is 15.0. The van der Waals surface area contributed by atoms with E-state index in [0.717, 1.165) is 55.7 Å². The van der Waals surface area contributed by atoms with E-state index in [1.165, 1.54) is 21.9 Å². The van der Waals surface area contributed by atoms with E-state index < -0.39 is 0 Å². The highest BCUT2D eigenvalue weighted by molar-refractivity contribution is 6.11. The first-order valence-corrected chi connectivity index (χ1v) is 17.0. The molecule has 0 N–H and O–H groups in total. The highest BCUT2D eigenvalue weighted by Gasteiger charge is 2.23. The van der Waals surface area contributed by atoms with Crippen LogP contribution in [0.5, 0.6) is 0 Å². The van der Waals surface area contributed by atoms with Gasteiger partial charge in [0.25, 0.3) is 0 Å². The Morgan fingerprint density at radius 2 is 0.804 bits per heavy atom. The predicted octanol–water partition coefficient (Wildman–Crippen LogP) is 10.7. The number of fused-ring (bicyclic) bond motifs is 3. The van der Waals surface area contributed by atoms with Gasteiger partial charge in [0.05, 0.1) is 16.7 Å². The van der Waals surface area contributed by atoms with Crippen LogP contribution in [0.4, 0.5) is 0 Å². The Labute approximate surface area is 295 Å². The Morgan fingerprint density at radius 3 is 1.24 bits per heavy atom. The van der Waals surface area contributed by atoms with Crippen LogP contribution in [0.25, 0.3) is 83.9 Å². The summed E-state index contributed by atoms with van der Waals surface area (Å²) in [7, 11) is 0. The topological polar surface area (TPSA) is 69.4 Å². The van der Waals surface area contributed by atoms with Crippen LogP contribution >= 0.6 is 0 Å². The number of aromatic nitrogens is 6. The molecule has 0 saturated carbocycles. The maximum absolute atomic E-state index is 5.11. The normalized spacial score (nSPS) is 11.3. The zero-order chi connectivity index (χ0) is 34.3. The van der Waals surface area contributed by atoms with Crippen molar-refractivity contribution in [1.82, 2.24) is 29.5 Å². The quantitative estimate of drug-likeness (QED) is 0.178. The summed E-state index contributed by atoms with van der Waals surface area (Å²) in [5, 5.41) is 2.47. The third kappa shape index (κ3) is 5.53. The summed E-state index contributed by atoms with van der Waals surface area (Å²) in [4.78, 5) is 23.6. The standard InChI is InChI=1S/C45H32N6/c1-29-13-15-40-38(25-29)39-26-30(2)14-16-41(39)51(40)42-36(31-9-5-3-6-10-31)27-35(28-37(42)32-11-7-4-8-12-32)45-49-43(33-17-21-46-22-18-33)48-44(50-45)34-19-23-47-24-20-34/h3-28H,1-2H3. The summed E-state index contributed by atoms with van der Waals surface area (Å²) in [5.74, 6) is 1.74. The maximum Gasteiger partial charge on any atom is 0.164 e. The molecule has 0 unspecified atom stereocenters. The molecule has 9 aromatic rings. The van der Waals surface area contributed by atoms with E-state index in [1.807, 2.05) is 24.3 Å². The van der Waals surface area contributed by atoms with Gasteiger partial charge in [0.2, 0.25) is 0 Å². The van der Waals surface area contributed by atoms with E-state index in [-0.39, 0.29) is 0 Å². The molecule has 0 atom stereocenters. The number of nitrogens with zero attached hydrogens (tertiary/aromatic N) is 6. The molecule has 6 nitrogen and oxygen atoms in total. The van der Waals surface area contributed by atoms with E-state index in [9.17, 15) is 0 Å². The van der Waals surface area contributed by atoms with Gasteiger partial charge in [-0.2, -0.15) is 0 Å². The molecular formula is C45H32N6. The van der Waals surface area contributed by atoms with Gasteiger partial charge in [-0.15, -0.1) is 0 Å². The summed E-state index contributed by atoms with van der Waals surface area (Å²) < 4.78 is 2.44. The fourth-order valence-corrected chi connectivity index (χ4v) is 6.94. The maximum atomic E-state index is 5.11. The smallest absolute Gasteiger partial charge is 0.164 e. The molecule has 0 aliphatic rings. The minimum absolute atomic E-state index is 0.578. The fourth-order valence-electron chi connectivity index (χ4n) is 6.94. The molecule has 6 heteroatoms. The van der Waals surface area contributed by atoms with Gasteiger partial charge < -0.3 is 4.57 Å². The molecule has 0 amide bonds. The minimum Gasteiger partial charge on any atom is -0.308 e. The van der Waals surface area contributed by atoms with E-state index in [0.29, 0.717) is 17.5 Å². The van der Waals surface area contributed by atoms with Crippen molar-refractivity contribution in [1.29, 1.82) is 0 Å². The molecule has 0 spiro atoms. The lowest BCUT2D eigenvalue weighted by molar-refractivity contribution is 1.07. The van der Waals surface area contributed by atoms with Crippen LogP contribution in [-0.2, 0) is 0 Å². The summed E-state index contributed by atoms with van der Waals surface area (Å²) in [6.45, 7) is 4.32. The molecule has 0 radical (unpaired) electrons. The number of pyridine rings is 2. The van der Waals surface area contributed by atoms with Crippen LogP contribution in [-0.4, -0.2) is 29.5 Å². The van der Waals surface area contributed by atoms with Crippen molar-refractivity contribution in [3.8, 4) is 62.1 Å². The monoisotopic (exact) mass is 656 g/mol. The van der Waals surface area contributed by atoms with E-state index in [4.69, 9.17) is 15.0 Å². The van der Waals surface area contributed by atoms with E-state index >= 15 is 0 Å². The number of hydrogen-bond donors (Lipinski definition) is 0. The van der Waals surface area contributed by atoms with E-state index in [2.05, 4.69) is 138 Å². The highest BCUT2D eigenvalue weighted by Crippen LogP contribution is 2.44. The summed E-state index contributed by atoms with van der Waals surface area (Å²) in [6.07, 6.45) is 7.04. The third-order valence-corrected chi connectivity index (χ3v) is 9.35. The summed E-state index contributed by atoms with van der Waals surface area (Å²) in [5.41, 5.74) is 12.8. The Hall–Kier alpha value is -6.79. The fraction of sp³-hybridized carbons (Fsp3) is 0.0444. The first-order chi connectivity index (χ1) is 25.1. The molecule has 0 bridgehead atoms. The van der Waals surface area contributed by atoms with Crippen molar-refractivity contribution in [3.05, 3.63) is 169 Å². The molecule has 9 rings (SSSR count). The first-order valence-electron chi connectivity index (χ1n) is 17.0. The van der Waals surface area contributed by atoms with Gasteiger partial charge in [0.1, 0.15) is 0 Å². The second-order valence-electron chi connectivity index (χ2n) is 12.8. The van der Waals surface area contributed by atoms with Gasteiger partial charge in [-0.3, -0.25) is 9.97 Å². The molecule has 0 saturated heterocycles. The lowest BCUT2D eigenvalue weighted by atomic mass is 9.92. The van der Waals surface area contributed by atoms with Crippen LogP contribution in [0, 0.1) is 13.8 Å². The lowest BCUT2D eigenvalue weighted by Gasteiger charge is -2.21. The first kappa shape index (κ1) is 30.3. The van der Waals surface area contributed by atoms with Crippen molar-refractivity contribution in [2.45, 2.75) is 13.8 Å². The molecule has 5 aromatic carbocycles.